The van der Waals surface area contributed by atoms with Crippen LogP contribution in [0.15, 0.2) is 22.7 Å². The Labute approximate surface area is 114 Å². The second-order valence-corrected chi connectivity index (χ2v) is 5.16. The Morgan fingerprint density at radius 3 is 3.00 bits per heavy atom. The average Bonchev–Trinajstić information content (AvgIpc) is 2.56. The number of hydrogen-bond donors (Lipinski definition) is 1. The third-order valence-corrected chi connectivity index (χ3v) is 4.02. The summed E-state index contributed by atoms with van der Waals surface area (Å²) in [5.41, 5.74) is 1.63. The molecule has 96 valence electrons. The second-order valence-electron chi connectivity index (χ2n) is 4.37. The minimum absolute atomic E-state index is 0.0929. The summed E-state index contributed by atoms with van der Waals surface area (Å²) < 4.78 is 0.805. The molecule has 1 heterocycles. The smallest absolute Gasteiger partial charge is 0.255 e. The van der Waals surface area contributed by atoms with E-state index in [2.05, 4.69) is 21.2 Å². The van der Waals surface area contributed by atoms with Gasteiger partial charge in [-0.2, -0.15) is 0 Å². The molecule has 5 heteroatoms. The van der Waals surface area contributed by atoms with Crippen molar-refractivity contribution < 1.29 is 9.59 Å². The van der Waals surface area contributed by atoms with Gasteiger partial charge in [0.05, 0.1) is 12.1 Å². The first-order valence-electron chi connectivity index (χ1n) is 5.90. The molecule has 0 atom stereocenters. The van der Waals surface area contributed by atoms with Crippen molar-refractivity contribution in [3.05, 3.63) is 33.8 Å². The van der Waals surface area contributed by atoms with Gasteiger partial charge < -0.3 is 10.2 Å². The van der Waals surface area contributed by atoms with Crippen LogP contribution in [0.5, 0.6) is 0 Å². The molecule has 1 aromatic carbocycles. The van der Waals surface area contributed by atoms with E-state index in [1.807, 2.05) is 19.1 Å². The minimum Gasteiger partial charge on any atom is -0.354 e. The van der Waals surface area contributed by atoms with Crippen molar-refractivity contribution in [3.8, 4) is 0 Å². The van der Waals surface area contributed by atoms with Gasteiger partial charge in [-0.1, -0.05) is 12.1 Å². The zero-order valence-electron chi connectivity index (χ0n) is 10.2. The highest BCUT2D eigenvalue weighted by Gasteiger charge is 2.22. The number of amides is 2. The lowest BCUT2D eigenvalue weighted by Crippen LogP contribution is -2.37. The van der Waals surface area contributed by atoms with Crippen molar-refractivity contribution >= 4 is 27.7 Å². The molecule has 0 saturated carbocycles. The second kappa shape index (κ2) is 5.52. The Morgan fingerprint density at radius 1 is 1.44 bits per heavy atom. The van der Waals surface area contributed by atoms with Crippen LogP contribution in [0.4, 0.5) is 0 Å². The monoisotopic (exact) mass is 310 g/mol. The quantitative estimate of drug-likeness (QED) is 0.858. The lowest BCUT2D eigenvalue weighted by atomic mass is 10.1. The zero-order valence-corrected chi connectivity index (χ0v) is 11.8. The molecule has 0 spiro atoms. The van der Waals surface area contributed by atoms with E-state index in [0.29, 0.717) is 18.7 Å². The minimum atomic E-state index is -0.0948. The number of rotatable bonds is 1. The molecule has 2 amide bonds. The van der Waals surface area contributed by atoms with E-state index in [9.17, 15) is 9.59 Å². The van der Waals surface area contributed by atoms with Gasteiger partial charge in [-0.05, 0) is 40.9 Å². The Kier molecular flexibility index (Phi) is 4.01. The topological polar surface area (TPSA) is 49.4 Å². The van der Waals surface area contributed by atoms with Crippen molar-refractivity contribution in [2.75, 3.05) is 19.6 Å². The lowest BCUT2D eigenvalue weighted by Gasteiger charge is -2.20. The number of nitrogens with zero attached hydrogens (tertiary/aromatic N) is 1. The highest BCUT2D eigenvalue weighted by molar-refractivity contribution is 9.10. The maximum atomic E-state index is 12.4. The Bertz CT molecular complexity index is 488. The van der Waals surface area contributed by atoms with Gasteiger partial charge in [0.1, 0.15) is 0 Å². The molecule has 1 aliphatic heterocycles. The van der Waals surface area contributed by atoms with Crippen LogP contribution in [0.25, 0.3) is 0 Å². The van der Waals surface area contributed by atoms with E-state index in [1.165, 1.54) is 0 Å². The summed E-state index contributed by atoms with van der Waals surface area (Å²) in [6.45, 7) is 3.32. The van der Waals surface area contributed by atoms with Gasteiger partial charge in [0, 0.05) is 17.6 Å². The first kappa shape index (κ1) is 13.1. The maximum Gasteiger partial charge on any atom is 0.255 e. The van der Waals surface area contributed by atoms with Crippen LogP contribution >= 0.6 is 15.9 Å². The number of benzene rings is 1. The van der Waals surface area contributed by atoms with Gasteiger partial charge in [-0.3, -0.25) is 9.59 Å². The van der Waals surface area contributed by atoms with Crippen LogP contribution in [-0.2, 0) is 4.79 Å². The first-order chi connectivity index (χ1) is 8.59. The fourth-order valence-electron chi connectivity index (χ4n) is 1.96. The molecule has 1 fully saturated rings. The molecule has 0 unspecified atom stereocenters. The van der Waals surface area contributed by atoms with E-state index >= 15 is 0 Å². The van der Waals surface area contributed by atoms with Crippen LogP contribution in [0.1, 0.15) is 22.3 Å². The summed E-state index contributed by atoms with van der Waals surface area (Å²) in [5, 5.41) is 2.76. The van der Waals surface area contributed by atoms with E-state index in [4.69, 9.17) is 0 Å². The lowest BCUT2D eigenvalue weighted by molar-refractivity contribution is -0.121. The fraction of sp³-hybridized carbons (Fsp3) is 0.385. The summed E-state index contributed by atoms with van der Waals surface area (Å²) in [6, 6.07) is 5.57. The molecule has 4 nitrogen and oxygen atoms in total. The molecule has 0 aromatic heterocycles. The van der Waals surface area contributed by atoms with Crippen molar-refractivity contribution in [3.63, 3.8) is 0 Å². The van der Waals surface area contributed by atoms with Gasteiger partial charge in [-0.25, -0.2) is 0 Å². The number of carbonyl (C=O) groups excluding carboxylic acids is 2. The van der Waals surface area contributed by atoms with Gasteiger partial charge >= 0.3 is 0 Å². The van der Waals surface area contributed by atoms with Crippen LogP contribution in [-0.4, -0.2) is 36.3 Å². The predicted octanol–water partition coefficient (Wildman–Crippen LogP) is 1.72. The number of aryl methyl sites for hydroxylation is 1. The molecule has 1 aromatic rings. The van der Waals surface area contributed by atoms with E-state index in [-0.39, 0.29) is 18.4 Å². The number of nitrogens with one attached hydrogen (secondary N) is 1. The van der Waals surface area contributed by atoms with Crippen molar-refractivity contribution in [1.29, 1.82) is 0 Å². The molecular weight excluding hydrogens is 296 g/mol. The van der Waals surface area contributed by atoms with Crippen LogP contribution in [0.2, 0.25) is 0 Å². The average molecular weight is 311 g/mol. The number of carbonyl (C=O) groups is 2. The third kappa shape index (κ3) is 2.72. The highest BCUT2D eigenvalue weighted by Crippen LogP contribution is 2.22. The van der Waals surface area contributed by atoms with Gasteiger partial charge in [0.15, 0.2) is 0 Å². The fourth-order valence-corrected chi connectivity index (χ4v) is 2.40. The normalized spacial score (nSPS) is 16.1. The summed E-state index contributed by atoms with van der Waals surface area (Å²) >= 11 is 3.43. The van der Waals surface area contributed by atoms with Crippen molar-refractivity contribution in [2.24, 2.45) is 0 Å². The molecule has 1 aliphatic rings. The maximum absolute atomic E-state index is 12.4. The summed E-state index contributed by atoms with van der Waals surface area (Å²) in [7, 11) is 0. The largest absolute Gasteiger partial charge is 0.354 e. The standard InChI is InChI=1S/C13H15BrN2O2/c1-9-4-2-5-10(12(9)14)13(18)16-7-3-6-15-11(17)8-16/h2,4-5H,3,6-8H2,1H3,(H,15,17). The zero-order chi connectivity index (χ0) is 13.1. The van der Waals surface area contributed by atoms with Crippen LogP contribution in [0, 0.1) is 6.92 Å². The Balaban J connectivity index is 2.24. The molecule has 1 saturated heterocycles. The SMILES string of the molecule is Cc1cccc(C(=O)N2CCCNC(=O)C2)c1Br. The van der Waals surface area contributed by atoms with Crippen LogP contribution in [0.3, 0.4) is 0 Å². The summed E-state index contributed by atoms with van der Waals surface area (Å²) in [5.74, 6) is -0.188. The van der Waals surface area contributed by atoms with Crippen molar-refractivity contribution in [1.82, 2.24) is 10.2 Å². The number of halogens is 1. The molecular formula is C13H15BrN2O2. The summed E-state index contributed by atoms with van der Waals surface area (Å²) in [4.78, 5) is 25.5. The number of hydrogen-bond acceptors (Lipinski definition) is 2. The highest BCUT2D eigenvalue weighted by atomic mass is 79.9. The summed E-state index contributed by atoms with van der Waals surface area (Å²) in [6.07, 6.45) is 0.793. The molecule has 0 bridgehead atoms. The van der Waals surface area contributed by atoms with Gasteiger partial charge in [0.2, 0.25) is 5.91 Å². The Morgan fingerprint density at radius 2 is 2.22 bits per heavy atom. The van der Waals surface area contributed by atoms with Crippen LogP contribution < -0.4 is 5.32 Å². The van der Waals surface area contributed by atoms with E-state index in [0.717, 1.165) is 16.5 Å². The third-order valence-electron chi connectivity index (χ3n) is 2.97. The first-order valence-corrected chi connectivity index (χ1v) is 6.70. The molecule has 1 N–H and O–H groups in total. The predicted molar refractivity (Wildman–Crippen MR) is 72.4 cm³/mol. The Hall–Kier alpha value is -1.36. The molecule has 0 radical (unpaired) electrons. The van der Waals surface area contributed by atoms with E-state index in [1.54, 1.807) is 11.0 Å². The van der Waals surface area contributed by atoms with E-state index < -0.39 is 0 Å². The van der Waals surface area contributed by atoms with Gasteiger partial charge in [0.25, 0.3) is 5.91 Å². The molecule has 2 rings (SSSR count). The van der Waals surface area contributed by atoms with Crippen molar-refractivity contribution in [2.45, 2.75) is 13.3 Å². The van der Waals surface area contributed by atoms with Gasteiger partial charge in [-0.15, -0.1) is 0 Å². The molecule has 18 heavy (non-hydrogen) atoms. The molecule has 0 aliphatic carbocycles.